The van der Waals surface area contributed by atoms with Crippen LogP contribution in [-0.2, 0) is 11.3 Å². The number of imidazole rings is 1. The SMILES string of the molecule is Cc1c(-c2ccccc2)ccc2[nH]c(-c3ccc(CNC[C@@H](O)CC(=O)O)cc3)nc12. The quantitative estimate of drug-likeness (QED) is 0.347. The molecule has 0 amide bonds. The second kappa shape index (κ2) is 9.12. The molecule has 1 heterocycles. The number of aliphatic hydroxyl groups is 1. The van der Waals surface area contributed by atoms with Gasteiger partial charge in [0.05, 0.1) is 23.6 Å². The molecule has 0 fully saturated rings. The molecule has 31 heavy (non-hydrogen) atoms. The molecule has 0 aliphatic heterocycles. The van der Waals surface area contributed by atoms with Crippen LogP contribution in [0.1, 0.15) is 17.5 Å². The Hall–Kier alpha value is -3.48. The first-order valence-electron chi connectivity index (χ1n) is 10.3. The lowest BCUT2D eigenvalue weighted by Crippen LogP contribution is -2.28. The van der Waals surface area contributed by atoms with Gasteiger partial charge >= 0.3 is 5.97 Å². The van der Waals surface area contributed by atoms with Crippen molar-refractivity contribution in [1.82, 2.24) is 15.3 Å². The monoisotopic (exact) mass is 415 g/mol. The highest BCUT2D eigenvalue weighted by atomic mass is 16.4. The molecule has 158 valence electrons. The number of hydrogen-bond donors (Lipinski definition) is 4. The maximum absolute atomic E-state index is 10.6. The highest BCUT2D eigenvalue weighted by Gasteiger charge is 2.12. The average Bonchev–Trinajstić information content (AvgIpc) is 3.20. The molecule has 1 atom stereocenters. The summed E-state index contributed by atoms with van der Waals surface area (Å²) < 4.78 is 0. The molecule has 4 aromatic rings. The number of fused-ring (bicyclic) bond motifs is 1. The summed E-state index contributed by atoms with van der Waals surface area (Å²) in [7, 11) is 0. The molecule has 0 unspecified atom stereocenters. The third kappa shape index (κ3) is 4.82. The smallest absolute Gasteiger partial charge is 0.306 e. The van der Waals surface area contributed by atoms with Crippen LogP contribution in [0.15, 0.2) is 66.7 Å². The molecule has 3 aromatic carbocycles. The molecule has 4 N–H and O–H groups in total. The number of aromatic amines is 1. The van der Waals surface area contributed by atoms with Crippen molar-refractivity contribution in [2.45, 2.75) is 26.0 Å². The molecule has 0 radical (unpaired) electrons. The summed E-state index contributed by atoms with van der Waals surface area (Å²) in [5, 5.41) is 21.4. The van der Waals surface area contributed by atoms with Crippen molar-refractivity contribution in [1.29, 1.82) is 0 Å². The van der Waals surface area contributed by atoms with Gasteiger partial charge in [0.2, 0.25) is 0 Å². The van der Waals surface area contributed by atoms with Gasteiger partial charge in [-0.2, -0.15) is 0 Å². The molecule has 0 saturated carbocycles. The number of carboxylic acids is 1. The summed E-state index contributed by atoms with van der Waals surface area (Å²) in [4.78, 5) is 18.9. The average molecular weight is 415 g/mol. The standard InChI is InChI=1S/C25H25N3O3/c1-16-21(18-5-3-2-4-6-18)11-12-22-24(16)28-25(27-22)19-9-7-17(8-10-19)14-26-15-20(29)13-23(30)31/h2-12,20,26,29H,13-15H2,1H3,(H,27,28)(H,30,31)/t20-/m0/s1. The van der Waals surface area contributed by atoms with E-state index in [1.165, 1.54) is 11.1 Å². The normalized spacial score (nSPS) is 12.2. The Morgan fingerprint density at radius 2 is 1.77 bits per heavy atom. The van der Waals surface area contributed by atoms with Crippen molar-refractivity contribution in [2.24, 2.45) is 0 Å². The van der Waals surface area contributed by atoms with Crippen molar-refractivity contribution in [3.8, 4) is 22.5 Å². The number of aromatic nitrogens is 2. The number of carbonyl (C=O) groups is 1. The second-order valence-corrected chi connectivity index (χ2v) is 7.67. The van der Waals surface area contributed by atoms with Gasteiger partial charge in [0, 0.05) is 18.7 Å². The van der Waals surface area contributed by atoms with Crippen molar-refractivity contribution in [2.75, 3.05) is 6.54 Å². The van der Waals surface area contributed by atoms with Crippen LogP contribution in [-0.4, -0.2) is 38.8 Å². The third-order valence-electron chi connectivity index (χ3n) is 5.34. The molecule has 4 rings (SSSR count). The third-order valence-corrected chi connectivity index (χ3v) is 5.34. The van der Waals surface area contributed by atoms with Crippen LogP contribution in [0, 0.1) is 6.92 Å². The van der Waals surface area contributed by atoms with Crippen LogP contribution in [0.2, 0.25) is 0 Å². The van der Waals surface area contributed by atoms with Crippen molar-refractivity contribution >= 4 is 17.0 Å². The number of nitrogens with zero attached hydrogens (tertiary/aromatic N) is 1. The summed E-state index contributed by atoms with van der Waals surface area (Å²) in [6.45, 7) is 2.89. The van der Waals surface area contributed by atoms with E-state index in [0.717, 1.165) is 33.5 Å². The first-order chi connectivity index (χ1) is 15.0. The lowest BCUT2D eigenvalue weighted by Gasteiger charge is -2.09. The van der Waals surface area contributed by atoms with E-state index in [0.29, 0.717) is 6.54 Å². The van der Waals surface area contributed by atoms with Crippen molar-refractivity contribution in [3.63, 3.8) is 0 Å². The van der Waals surface area contributed by atoms with E-state index in [4.69, 9.17) is 10.1 Å². The van der Waals surface area contributed by atoms with Gasteiger partial charge in [-0.05, 0) is 35.2 Å². The van der Waals surface area contributed by atoms with Crippen molar-refractivity contribution in [3.05, 3.63) is 77.9 Å². The Morgan fingerprint density at radius 3 is 2.48 bits per heavy atom. The highest BCUT2D eigenvalue weighted by Crippen LogP contribution is 2.30. The number of aliphatic hydroxyl groups excluding tert-OH is 1. The zero-order valence-electron chi connectivity index (χ0n) is 17.3. The Balaban J connectivity index is 1.49. The zero-order chi connectivity index (χ0) is 21.8. The Labute approximate surface area is 180 Å². The maximum Gasteiger partial charge on any atom is 0.306 e. The summed E-state index contributed by atoms with van der Waals surface area (Å²) in [6, 6.07) is 22.5. The molecular weight excluding hydrogens is 390 g/mol. The molecule has 0 aliphatic carbocycles. The number of aryl methyl sites for hydroxylation is 1. The first-order valence-corrected chi connectivity index (χ1v) is 10.3. The molecule has 0 spiro atoms. The second-order valence-electron chi connectivity index (χ2n) is 7.67. The molecule has 6 nitrogen and oxygen atoms in total. The van der Waals surface area contributed by atoms with Gasteiger partial charge in [-0.1, -0.05) is 60.7 Å². The Bertz CT molecular complexity index is 1180. The van der Waals surface area contributed by atoms with E-state index in [9.17, 15) is 9.90 Å². The first kappa shape index (κ1) is 20.8. The van der Waals surface area contributed by atoms with E-state index in [1.54, 1.807) is 0 Å². The largest absolute Gasteiger partial charge is 0.481 e. The summed E-state index contributed by atoms with van der Waals surface area (Å²) in [5.74, 6) is -0.185. The highest BCUT2D eigenvalue weighted by molar-refractivity contribution is 5.88. The lowest BCUT2D eigenvalue weighted by atomic mass is 9.99. The van der Waals surface area contributed by atoms with Crippen molar-refractivity contribution < 1.29 is 15.0 Å². The van der Waals surface area contributed by atoms with Crippen LogP contribution < -0.4 is 5.32 Å². The number of benzene rings is 3. The van der Waals surface area contributed by atoms with Gasteiger partial charge in [-0.25, -0.2) is 4.98 Å². The van der Waals surface area contributed by atoms with Gasteiger partial charge in [0.1, 0.15) is 5.82 Å². The fraction of sp³-hybridized carbons (Fsp3) is 0.200. The lowest BCUT2D eigenvalue weighted by molar-refractivity contribution is -0.139. The minimum Gasteiger partial charge on any atom is -0.481 e. The number of nitrogens with one attached hydrogen (secondary N) is 2. The van der Waals surface area contributed by atoms with Gasteiger partial charge < -0.3 is 20.5 Å². The number of hydrogen-bond acceptors (Lipinski definition) is 4. The van der Waals surface area contributed by atoms with E-state index < -0.39 is 12.1 Å². The predicted octanol–water partition coefficient (Wildman–Crippen LogP) is 4.13. The van der Waals surface area contributed by atoms with E-state index in [1.807, 2.05) is 42.5 Å². The van der Waals surface area contributed by atoms with Crippen LogP contribution >= 0.6 is 0 Å². The molecule has 6 heteroatoms. The number of H-pyrrole nitrogens is 1. The van der Waals surface area contributed by atoms with Crippen LogP contribution in [0.3, 0.4) is 0 Å². The van der Waals surface area contributed by atoms with Gasteiger partial charge in [0.25, 0.3) is 0 Å². The summed E-state index contributed by atoms with van der Waals surface area (Å²) in [5.41, 5.74) is 7.51. The number of carboxylic acid groups (broad SMARTS) is 1. The minimum atomic E-state index is -1.00. The topological polar surface area (TPSA) is 98.2 Å². The number of rotatable bonds is 8. The Morgan fingerprint density at radius 1 is 1.03 bits per heavy atom. The maximum atomic E-state index is 10.6. The Kier molecular flexibility index (Phi) is 6.11. The summed E-state index contributed by atoms with van der Waals surface area (Å²) >= 11 is 0. The summed E-state index contributed by atoms with van der Waals surface area (Å²) in [6.07, 6.45) is -1.15. The van der Waals surface area contributed by atoms with Gasteiger partial charge in [-0.3, -0.25) is 4.79 Å². The predicted molar refractivity (Wildman–Crippen MR) is 122 cm³/mol. The van der Waals surface area contributed by atoms with E-state index in [2.05, 4.69) is 41.5 Å². The molecule has 1 aromatic heterocycles. The molecular formula is C25H25N3O3. The molecule has 0 bridgehead atoms. The fourth-order valence-electron chi connectivity index (χ4n) is 3.72. The molecule has 0 saturated heterocycles. The van der Waals surface area contributed by atoms with Crippen LogP contribution in [0.4, 0.5) is 0 Å². The van der Waals surface area contributed by atoms with Gasteiger partial charge in [0.15, 0.2) is 0 Å². The van der Waals surface area contributed by atoms with Crippen LogP contribution in [0.25, 0.3) is 33.5 Å². The fourth-order valence-corrected chi connectivity index (χ4v) is 3.72. The van der Waals surface area contributed by atoms with Crippen LogP contribution in [0.5, 0.6) is 0 Å². The van der Waals surface area contributed by atoms with E-state index >= 15 is 0 Å². The number of aliphatic carboxylic acids is 1. The van der Waals surface area contributed by atoms with Gasteiger partial charge in [-0.15, -0.1) is 0 Å². The van der Waals surface area contributed by atoms with E-state index in [-0.39, 0.29) is 13.0 Å². The molecule has 0 aliphatic rings. The minimum absolute atomic E-state index is 0.237. The zero-order valence-corrected chi connectivity index (χ0v) is 17.3.